The highest BCUT2D eigenvalue weighted by Crippen LogP contribution is 2.36. The van der Waals surface area contributed by atoms with Gasteiger partial charge in [0.15, 0.2) is 0 Å². The van der Waals surface area contributed by atoms with Crippen LogP contribution in [-0.4, -0.2) is 15.4 Å². The maximum atomic E-state index is 12.7. The molecule has 0 N–H and O–H groups in total. The van der Waals surface area contributed by atoms with Crippen molar-refractivity contribution in [1.29, 1.82) is 0 Å². The van der Waals surface area contributed by atoms with Crippen molar-refractivity contribution in [2.45, 2.75) is 53.4 Å². The van der Waals surface area contributed by atoms with Gasteiger partial charge in [0.05, 0.1) is 10.9 Å². The predicted octanol–water partition coefficient (Wildman–Crippen LogP) is 4.15. The zero-order chi connectivity index (χ0) is 16.6. The van der Waals surface area contributed by atoms with Crippen molar-refractivity contribution < 1.29 is 0 Å². The van der Waals surface area contributed by atoms with Crippen molar-refractivity contribution in [3.63, 3.8) is 0 Å². The molecule has 0 radical (unpaired) electrons. The fraction of sp³-hybridized carbons (Fsp3) is 0.526. The summed E-state index contributed by atoms with van der Waals surface area (Å²) in [6, 6.07) is 7.46. The van der Waals surface area contributed by atoms with E-state index in [4.69, 9.17) is 0 Å². The molecule has 23 heavy (non-hydrogen) atoms. The Balaban J connectivity index is 1.92. The van der Waals surface area contributed by atoms with Crippen LogP contribution in [0.5, 0.6) is 0 Å². The summed E-state index contributed by atoms with van der Waals surface area (Å²) in [5.74, 6) is 1.38. The van der Waals surface area contributed by atoms with E-state index in [1.807, 2.05) is 31.2 Å². The second-order valence-corrected chi connectivity index (χ2v) is 7.60. The molecule has 1 aromatic heterocycles. The van der Waals surface area contributed by atoms with Gasteiger partial charge in [-0.05, 0) is 56.1 Å². The van der Waals surface area contributed by atoms with Crippen LogP contribution in [0.25, 0.3) is 10.9 Å². The second kappa shape index (κ2) is 5.91. The number of fused-ring (bicyclic) bond motifs is 1. The average molecular weight is 311 g/mol. The highest BCUT2D eigenvalue weighted by atomic mass is 16.1. The number of aromatic nitrogens is 2. The first-order valence-electron chi connectivity index (χ1n) is 8.41. The lowest BCUT2D eigenvalue weighted by Gasteiger charge is -2.34. The van der Waals surface area contributed by atoms with Gasteiger partial charge in [0.25, 0.3) is 5.56 Å². The zero-order valence-electron chi connectivity index (χ0n) is 14.5. The normalized spacial score (nSPS) is 19.1. The molecule has 1 heterocycles. The Morgan fingerprint density at radius 2 is 1.83 bits per heavy atom. The first-order chi connectivity index (χ1) is 10.9. The Morgan fingerprint density at radius 3 is 2.48 bits per heavy atom. The van der Waals surface area contributed by atoms with E-state index in [0.717, 1.165) is 42.8 Å². The third-order valence-electron chi connectivity index (χ3n) is 4.94. The van der Waals surface area contributed by atoms with Gasteiger partial charge in [0.2, 0.25) is 0 Å². The van der Waals surface area contributed by atoms with Crippen molar-refractivity contribution >= 4 is 16.6 Å². The van der Waals surface area contributed by atoms with Gasteiger partial charge in [-0.2, -0.15) is 9.78 Å². The molecule has 0 unspecified atom stereocenters. The monoisotopic (exact) mass is 311 g/mol. The number of nitrogens with zero attached hydrogens (tertiary/aromatic N) is 3. The summed E-state index contributed by atoms with van der Waals surface area (Å²) in [6.07, 6.45) is 4.25. The maximum absolute atomic E-state index is 12.7. The summed E-state index contributed by atoms with van der Waals surface area (Å²) < 4.78 is 1.48. The lowest BCUT2D eigenvalue weighted by atomic mass is 9.72. The van der Waals surface area contributed by atoms with Crippen molar-refractivity contribution in [2.24, 2.45) is 16.4 Å². The quantitative estimate of drug-likeness (QED) is 0.794. The number of hydrogen-bond acceptors (Lipinski definition) is 3. The van der Waals surface area contributed by atoms with Crippen LogP contribution in [0.3, 0.4) is 0 Å². The molecule has 2 aromatic rings. The van der Waals surface area contributed by atoms with Crippen molar-refractivity contribution in [1.82, 2.24) is 9.66 Å². The molecule has 0 amide bonds. The molecule has 1 aliphatic rings. The summed E-state index contributed by atoms with van der Waals surface area (Å²) in [6.45, 7) is 8.77. The molecule has 0 bridgehead atoms. The van der Waals surface area contributed by atoms with E-state index in [-0.39, 0.29) is 5.56 Å². The third kappa shape index (κ3) is 3.21. The molecule has 4 nitrogen and oxygen atoms in total. The molecule has 1 aromatic carbocycles. The van der Waals surface area contributed by atoms with Crippen molar-refractivity contribution in [3.05, 3.63) is 40.4 Å². The van der Waals surface area contributed by atoms with E-state index < -0.39 is 0 Å². The van der Waals surface area contributed by atoms with Crippen molar-refractivity contribution in [2.75, 3.05) is 0 Å². The summed E-state index contributed by atoms with van der Waals surface area (Å²) in [4.78, 5) is 17.2. The van der Waals surface area contributed by atoms with Gasteiger partial charge >= 0.3 is 0 Å². The molecule has 0 spiro atoms. The Labute approximate surface area is 137 Å². The molecule has 0 aliphatic heterocycles. The van der Waals surface area contributed by atoms with Gasteiger partial charge in [-0.1, -0.05) is 32.9 Å². The van der Waals surface area contributed by atoms with E-state index in [9.17, 15) is 4.79 Å². The standard InChI is InChI=1S/C19H25N3O/c1-13-20-17-8-6-5-7-16(17)18(23)22(13)21-15-11-9-14(10-12-15)19(2,3)4/h5-8,14H,9-12H2,1-4H3. The van der Waals surface area contributed by atoms with Crippen LogP contribution in [0.2, 0.25) is 0 Å². The molecule has 122 valence electrons. The first kappa shape index (κ1) is 15.9. The minimum atomic E-state index is -0.0708. The first-order valence-corrected chi connectivity index (χ1v) is 8.41. The summed E-state index contributed by atoms with van der Waals surface area (Å²) >= 11 is 0. The van der Waals surface area contributed by atoms with E-state index in [0.29, 0.717) is 16.6 Å². The summed E-state index contributed by atoms with van der Waals surface area (Å²) in [5, 5.41) is 5.27. The number of benzene rings is 1. The van der Waals surface area contributed by atoms with Gasteiger partial charge in [-0.25, -0.2) is 4.98 Å². The topological polar surface area (TPSA) is 47.2 Å². The molecular weight excluding hydrogens is 286 g/mol. The fourth-order valence-electron chi connectivity index (χ4n) is 3.41. The van der Waals surface area contributed by atoms with E-state index in [1.165, 1.54) is 4.68 Å². The van der Waals surface area contributed by atoms with E-state index in [1.54, 1.807) is 0 Å². The highest BCUT2D eigenvalue weighted by molar-refractivity contribution is 5.85. The number of rotatable bonds is 1. The minimum Gasteiger partial charge on any atom is -0.267 e. The Morgan fingerprint density at radius 1 is 1.17 bits per heavy atom. The van der Waals surface area contributed by atoms with Crippen LogP contribution >= 0.6 is 0 Å². The highest BCUT2D eigenvalue weighted by Gasteiger charge is 2.28. The molecule has 0 saturated heterocycles. The van der Waals surface area contributed by atoms with Gasteiger partial charge < -0.3 is 0 Å². The van der Waals surface area contributed by atoms with Crippen molar-refractivity contribution in [3.8, 4) is 0 Å². The lowest BCUT2D eigenvalue weighted by Crippen LogP contribution is -2.27. The van der Waals surface area contributed by atoms with Crippen LogP contribution in [0.15, 0.2) is 34.2 Å². The number of para-hydroxylation sites is 1. The van der Waals surface area contributed by atoms with Gasteiger partial charge in [-0.15, -0.1) is 0 Å². The second-order valence-electron chi connectivity index (χ2n) is 7.60. The molecular formula is C19H25N3O. The largest absolute Gasteiger partial charge is 0.282 e. The number of aryl methyl sites for hydroxylation is 1. The van der Waals surface area contributed by atoms with Crippen LogP contribution in [0.1, 0.15) is 52.3 Å². The smallest absolute Gasteiger partial charge is 0.267 e. The van der Waals surface area contributed by atoms with E-state index >= 15 is 0 Å². The Bertz CT molecular complexity index is 801. The van der Waals surface area contributed by atoms with Gasteiger partial charge in [0, 0.05) is 5.71 Å². The average Bonchev–Trinajstić information content (AvgIpc) is 2.51. The van der Waals surface area contributed by atoms with Gasteiger partial charge in [0.1, 0.15) is 5.82 Å². The lowest BCUT2D eigenvalue weighted by molar-refractivity contribution is 0.208. The zero-order valence-corrected chi connectivity index (χ0v) is 14.5. The summed E-state index contributed by atoms with van der Waals surface area (Å²) in [5.41, 5.74) is 2.14. The van der Waals surface area contributed by atoms with Crippen LogP contribution < -0.4 is 5.56 Å². The molecule has 3 rings (SSSR count). The summed E-state index contributed by atoms with van der Waals surface area (Å²) in [7, 11) is 0. The SMILES string of the molecule is Cc1nc2ccccc2c(=O)n1N=C1CCC(C(C)(C)C)CC1. The van der Waals surface area contributed by atoms with E-state index in [2.05, 4.69) is 30.9 Å². The molecule has 0 atom stereocenters. The third-order valence-corrected chi connectivity index (χ3v) is 4.94. The number of hydrogen-bond donors (Lipinski definition) is 0. The molecule has 1 saturated carbocycles. The van der Waals surface area contributed by atoms with Crippen LogP contribution in [-0.2, 0) is 0 Å². The molecule has 1 aliphatic carbocycles. The fourth-order valence-corrected chi connectivity index (χ4v) is 3.41. The van der Waals surface area contributed by atoms with Gasteiger partial charge in [-0.3, -0.25) is 4.79 Å². The predicted molar refractivity (Wildman–Crippen MR) is 95.0 cm³/mol. The van der Waals surface area contributed by atoms with Crippen LogP contribution in [0, 0.1) is 18.3 Å². The van der Waals surface area contributed by atoms with Crippen LogP contribution in [0.4, 0.5) is 0 Å². The Kier molecular flexibility index (Phi) is 4.09. The molecule has 1 fully saturated rings. The maximum Gasteiger partial charge on any atom is 0.282 e. The minimum absolute atomic E-state index is 0.0708. The molecule has 4 heteroatoms. The Hall–Kier alpha value is -1.97.